The van der Waals surface area contributed by atoms with E-state index in [1.54, 1.807) is 6.20 Å². The summed E-state index contributed by atoms with van der Waals surface area (Å²) in [4.78, 5) is 15.7. The fourth-order valence-electron chi connectivity index (χ4n) is 1.71. The highest BCUT2D eigenvalue weighted by Gasteiger charge is 2.23. The Labute approximate surface area is 95.1 Å². The van der Waals surface area contributed by atoms with Gasteiger partial charge in [0.2, 0.25) is 5.91 Å². The van der Waals surface area contributed by atoms with E-state index in [0.29, 0.717) is 5.13 Å². The van der Waals surface area contributed by atoms with Gasteiger partial charge in [0.05, 0.1) is 9.98 Å². The smallest absolute Gasteiger partial charge is 0.229 e. The van der Waals surface area contributed by atoms with Crippen LogP contribution in [0.4, 0.5) is 5.13 Å². The first kappa shape index (κ1) is 10.1. The molecule has 0 saturated heterocycles. The van der Waals surface area contributed by atoms with Gasteiger partial charge in [-0.05, 0) is 28.8 Å². The van der Waals surface area contributed by atoms with Crippen LogP contribution < -0.4 is 5.32 Å². The fraction of sp³-hybridized carbons (Fsp3) is 0.556. The van der Waals surface area contributed by atoms with Crippen LogP contribution in [0.1, 0.15) is 25.7 Å². The van der Waals surface area contributed by atoms with Crippen molar-refractivity contribution in [2.24, 2.45) is 5.92 Å². The van der Waals surface area contributed by atoms with Gasteiger partial charge >= 0.3 is 0 Å². The molecular weight excluding hydrogens is 264 g/mol. The maximum absolute atomic E-state index is 11.7. The predicted molar refractivity (Wildman–Crippen MR) is 60.4 cm³/mol. The largest absolute Gasteiger partial charge is 0.302 e. The van der Waals surface area contributed by atoms with Crippen LogP contribution in [0.25, 0.3) is 0 Å². The van der Waals surface area contributed by atoms with Crippen LogP contribution in [0.3, 0.4) is 0 Å². The Bertz CT molecular complexity index is 333. The number of amides is 1. The quantitative estimate of drug-likeness (QED) is 0.901. The molecule has 1 aliphatic rings. The summed E-state index contributed by atoms with van der Waals surface area (Å²) in [7, 11) is 0. The SMILES string of the molecule is O=C(Nc1ncc(Br)s1)C1CCCC1. The van der Waals surface area contributed by atoms with Crippen molar-refractivity contribution >= 4 is 38.3 Å². The minimum atomic E-state index is 0.129. The molecular formula is C9H11BrN2OS. The highest BCUT2D eigenvalue weighted by molar-refractivity contribution is 9.11. The van der Waals surface area contributed by atoms with E-state index in [9.17, 15) is 4.79 Å². The number of halogens is 1. The zero-order valence-corrected chi connectivity index (χ0v) is 10.0. The number of rotatable bonds is 2. The van der Waals surface area contributed by atoms with E-state index in [-0.39, 0.29) is 11.8 Å². The van der Waals surface area contributed by atoms with Crippen molar-refractivity contribution in [2.75, 3.05) is 5.32 Å². The number of aromatic nitrogens is 1. The number of nitrogens with one attached hydrogen (secondary N) is 1. The standard InChI is InChI=1S/C9H11BrN2OS/c10-7-5-11-9(14-7)12-8(13)6-3-1-2-4-6/h5-6H,1-4H2,(H,11,12,13). The van der Waals surface area contributed by atoms with E-state index in [1.807, 2.05) is 0 Å². The molecule has 0 unspecified atom stereocenters. The van der Waals surface area contributed by atoms with Crippen LogP contribution in [0, 0.1) is 5.92 Å². The highest BCUT2D eigenvalue weighted by atomic mass is 79.9. The summed E-state index contributed by atoms with van der Waals surface area (Å²) in [5.74, 6) is 0.335. The summed E-state index contributed by atoms with van der Waals surface area (Å²) in [6, 6.07) is 0. The molecule has 0 radical (unpaired) electrons. The van der Waals surface area contributed by atoms with Crippen LogP contribution >= 0.6 is 27.3 Å². The molecule has 2 rings (SSSR count). The van der Waals surface area contributed by atoms with Gasteiger partial charge in [0.25, 0.3) is 0 Å². The van der Waals surface area contributed by atoms with Crippen LogP contribution in [0.5, 0.6) is 0 Å². The van der Waals surface area contributed by atoms with E-state index < -0.39 is 0 Å². The molecule has 5 heteroatoms. The molecule has 0 spiro atoms. The minimum absolute atomic E-state index is 0.129. The second-order valence-corrected chi connectivity index (χ2v) is 5.85. The van der Waals surface area contributed by atoms with Gasteiger partial charge in [0, 0.05) is 5.92 Å². The lowest BCUT2D eigenvalue weighted by Gasteiger charge is -2.06. The molecule has 1 aliphatic carbocycles. The Balaban J connectivity index is 1.93. The van der Waals surface area contributed by atoms with Crippen molar-refractivity contribution in [3.63, 3.8) is 0 Å². The third-order valence-electron chi connectivity index (χ3n) is 2.43. The van der Waals surface area contributed by atoms with Crippen molar-refractivity contribution in [1.82, 2.24) is 4.98 Å². The number of carbonyl (C=O) groups is 1. The lowest BCUT2D eigenvalue weighted by molar-refractivity contribution is -0.119. The molecule has 0 aromatic carbocycles. The maximum atomic E-state index is 11.7. The second-order valence-electron chi connectivity index (χ2n) is 3.44. The van der Waals surface area contributed by atoms with E-state index in [2.05, 4.69) is 26.2 Å². The van der Waals surface area contributed by atoms with Gasteiger partial charge in [0.1, 0.15) is 0 Å². The van der Waals surface area contributed by atoms with Gasteiger partial charge in [-0.1, -0.05) is 24.2 Å². The molecule has 1 N–H and O–H groups in total. The molecule has 1 aromatic rings. The van der Waals surface area contributed by atoms with Crippen LogP contribution in [0.2, 0.25) is 0 Å². The van der Waals surface area contributed by atoms with Gasteiger partial charge in [-0.2, -0.15) is 0 Å². The Morgan fingerprint density at radius 3 is 2.86 bits per heavy atom. The van der Waals surface area contributed by atoms with Gasteiger partial charge < -0.3 is 5.32 Å². The molecule has 1 fully saturated rings. The molecule has 1 amide bonds. The van der Waals surface area contributed by atoms with E-state index in [1.165, 1.54) is 24.2 Å². The van der Waals surface area contributed by atoms with E-state index >= 15 is 0 Å². The molecule has 14 heavy (non-hydrogen) atoms. The van der Waals surface area contributed by atoms with Crippen molar-refractivity contribution in [1.29, 1.82) is 0 Å². The lowest BCUT2D eigenvalue weighted by atomic mass is 10.1. The molecule has 0 aliphatic heterocycles. The fourth-order valence-corrected chi connectivity index (χ4v) is 2.82. The molecule has 1 aromatic heterocycles. The molecule has 0 atom stereocenters. The zero-order valence-electron chi connectivity index (χ0n) is 7.62. The van der Waals surface area contributed by atoms with Crippen LogP contribution in [-0.4, -0.2) is 10.9 Å². The van der Waals surface area contributed by atoms with Crippen molar-refractivity contribution in [3.8, 4) is 0 Å². The first-order chi connectivity index (χ1) is 6.75. The molecule has 1 heterocycles. The van der Waals surface area contributed by atoms with Gasteiger partial charge in [-0.15, -0.1) is 0 Å². The molecule has 0 bridgehead atoms. The van der Waals surface area contributed by atoms with Crippen molar-refractivity contribution in [2.45, 2.75) is 25.7 Å². The first-order valence-corrected chi connectivity index (χ1v) is 6.29. The number of thiazole rings is 1. The van der Waals surface area contributed by atoms with Crippen LogP contribution in [-0.2, 0) is 4.79 Å². The monoisotopic (exact) mass is 274 g/mol. The number of nitrogens with zero attached hydrogens (tertiary/aromatic N) is 1. The Morgan fingerprint density at radius 1 is 1.57 bits per heavy atom. The third-order valence-corrected chi connectivity index (χ3v) is 3.83. The average molecular weight is 275 g/mol. The Hall–Kier alpha value is -0.420. The summed E-state index contributed by atoms with van der Waals surface area (Å²) in [5, 5.41) is 3.53. The second kappa shape index (κ2) is 4.40. The number of anilines is 1. The third kappa shape index (κ3) is 2.33. The summed E-state index contributed by atoms with van der Waals surface area (Å²) >= 11 is 4.76. The minimum Gasteiger partial charge on any atom is -0.302 e. The summed E-state index contributed by atoms with van der Waals surface area (Å²) in [6.45, 7) is 0. The molecule has 3 nitrogen and oxygen atoms in total. The van der Waals surface area contributed by atoms with Gasteiger partial charge in [0.15, 0.2) is 5.13 Å². The molecule has 76 valence electrons. The predicted octanol–water partition coefficient (Wildman–Crippen LogP) is 3.03. The molecule has 1 saturated carbocycles. The number of hydrogen-bond acceptors (Lipinski definition) is 3. The lowest BCUT2D eigenvalue weighted by Crippen LogP contribution is -2.19. The summed E-state index contributed by atoms with van der Waals surface area (Å²) in [6.07, 6.45) is 6.12. The van der Waals surface area contributed by atoms with Gasteiger partial charge in [-0.25, -0.2) is 4.98 Å². The number of hydrogen-bond donors (Lipinski definition) is 1. The Morgan fingerprint density at radius 2 is 2.29 bits per heavy atom. The number of carbonyl (C=O) groups excluding carboxylic acids is 1. The highest BCUT2D eigenvalue weighted by Crippen LogP contribution is 2.28. The maximum Gasteiger partial charge on any atom is 0.229 e. The summed E-state index contributed by atoms with van der Waals surface area (Å²) in [5.41, 5.74) is 0. The van der Waals surface area contributed by atoms with E-state index in [0.717, 1.165) is 16.6 Å². The normalized spacial score (nSPS) is 17.2. The zero-order chi connectivity index (χ0) is 9.97. The topological polar surface area (TPSA) is 42.0 Å². The van der Waals surface area contributed by atoms with Crippen molar-refractivity contribution in [3.05, 3.63) is 9.98 Å². The Kier molecular flexibility index (Phi) is 3.18. The van der Waals surface area contributed by atoms with E-state index in [4.69, 9.17) is 0 Å². The van der Waals surface area contributed by atoms with Crippen LogP contribution in [0.15, 0.2) is 9.98 Å². The van der Waals surface area contributed by atoms with Crippen molar-refractivity contribution < 1.29 is 4.79 Å². The van der Waals surface area contributed by atoms with Gasteiger partial charge in [-0.3, -0.25) is 4.79 Å². The summed E-state index contributed by atoms with van der Waals surface area (Å²) < 4.78 is 0.944. The average Bonchev–Trinajstić information content (AvgIpc) is 2.75. The first-order valence-electron chi connectivity index (χ1n) is 4.68.